The molecule has 1 fully saturated rings. The van der Waals surface area contributed by atoms with E-state index < -0.39 is 0 Å². The molecule has 0 amide bonds. The van der Waals surface area contributed by atoms with Crippen molar-refractivity contribution < 1.29 is 0 Å². The van der Waals surface area contributed by atoms with Gasteiger partial charge in [-0.25, -0.2) is 0 Å². The third kappa shape index (κ3) is 3.56. The number of hydrogen-bond acceptors (Lipinski definition) is 2. The van der Waals surface area contributed by atoms with Crippen molar-refractivity contribution in [2.75, 3.05) is 19.6 Å². The Hall–Kier alpha value is -0.860. The Labute approximate surface area is 111 Å². The maximum atomic E-state index is 3.36. The van der Waals surface area contributed by atoms with Crippen LogP contribution in [0.15, 0.2) is 24.3 Å². The molecule has 2 rings (SSSR count). The number of hydrogen-bond donors (Lipinski definition) is 1. The second kappa shape index (κ2) is 6.35. The van der Waals surface area contributed by atoms with Crippen LogP contribution in [0, 0.1) is 11.8 Å². The van der Waals surface area contributed by atoms with Crippen LogP contribution in [0.25, 0.3) is 0 Å². The van der Waals surface area contributed by atoms with Crippen LogP contribution in [0.5, 0.6) is 0 Å². The van der Waals surface area contributed by atoms with E-state index in [0.29, 0.717) is 0 Å². The monoisotopic (exact) mass is 246 g/mol. The zero-order chi connectivity index (χ0) is 13.0. The predicted molar refractivity (Wildman–Crippen MR) is 77.4 cm³/mol. The van der Waals surface area contributed by atoms with Gasteiger partial charge in [-0.2, -0.15) is 0 Å². The summed E-state index contributed by atoms with van der Waals surface area (Å²) < 4.78 is 0. The number of nitrogens with zero attached hydrogens (tertiary/aromatic N) is 1. The Morgan fingerprint density at radius 2 is 1.61 bits per heavy atom. The topological polar surface area (TPSA) is 15.3 Å². The summed E-state index contributed by atoms with van der Waals surface area (Å²) in [5, 5.41) is 3.36. The van der Waals surface area contributed by atoms with Gasteiger partial charge in [-0.1, -0.05) is 45.0 Å². The Morgan fingerprint density at radius 3 is 2.17 bits per heavy atom. The molecular formula is C16H26N2. The molecule has 1 N–H and O–H groups in total. The van der Waals surface area contributed by atoms with Crippen molar-refractivity contribution in [3.8, 4) is 0 Å². The molecule has 1 saturated heterocycles. The van der Waals surface area contributed by atoms with Crippen LogP contribution < -0.4 is 5.32 Å². The first-order chi connectivity index (χ1) is 8.69. The van der Waals surface area contributed by atoms with E-state index >= 15 is 0 Å². The van der Waals surface area contributed by atoms with Gasteiger partial charge in [0.2, 0.25) is 0 Å². The minimum atomic E-state index is 0.845. The van der Waals surface area contributed by atoms with Crippen LogP contribution in [-0.4, -0.2) is 24.5 Å². The van der Waals surface area contributed by atoms with Crippen molar-refractivity contribution in [1.82, 2.24) is 10.2 Å². The zero-order valence-electron chi connectivity index (χ0n) is 11.9. The fourth-order valence-electron chi connectivity index (χ4n) is 2.67. The average molecular weight is 246 g/mol. The fraction of sp³-hybridized carbons (Fsp3) is 0.625. The maximum Gasteiger partial charge on any atom is 0.0233 e. The molecule has 18 heavy (non-hydrogen) atoms. The van der Waals surface area contributed by atoms with Crippen molar-refractivity contribution in [1.29, 1.82) is 0 Å². The van der Waals surface area contributed by atoms with Gasteiger partial charge in [0.1, 0.15) is 0 Å². The van der Waals surface area contributed by atoms with Gasteiger partial charge in [-0.05, 0) is 29.5 Å². The van der Waals surface area contributed by atoms with E-state index in [1.54, 1.807) is 0 Å². The van der Waals surface area contributed by atoms with E-state index in [9.17, 15) is 0 Å². The molecule has 0 aliphatic carbocycles. The second-order valence-corrected chi connectivity index (χ2v) is 5.75. The summed E-state index contributed by atoms with van der Waals surface area (Å²) >= 11 is 0. The molecular weight excluding hydrogens is 220 g/mol. The lowest BCUT2D eigenvalue weighted by Crippen LogP contribution is -2.20. The van der Waals surface area contributed by atoms with Crippen LogP contribution in [-0.2, 0) is 13.1 Å². The Bertz CT molecular complexity index is 348. The van der Waals surface area contributed by atoms with Crippen LogP contribution in [0.3, 0.4) is 0 Å². The smallest absolute Gasteiger partial charge is 0.0233 e. The first-order valence-electron chi connectivity index (χ1n) is 7.20. The molecule has 1 aliphatic rings. The van der Waals surface area contributed by atoms with Crippen LogP contribution in [0.1, 0.15) is 31.9 Å². The number of benzene rings is 1. The highest BCUT2D eigenvalue weighted by atomic mass is 15.1. The Morgan fingerprint density at radius 1 is 1.06 bits per heavy atom. The lowest BCUT2D eigenvalue weighted by molar-refractivity contribution is 0.316. The lowest BCUT2D eigenvalue weighted by atomic mass is 10.0. The van der Waals surface area contributed by atoms with E-state index in [-0.39, 0.29) is 0 Å². The van der Waals surface area contributed by atoms with Gasteiger partial charge in [0.15, 0.2) is 0 Å². The van der Waals surface area contributed by atoms with Gasteiger partial charge < -0.3 is 5.32 Å². The van der Waals surface area contributed by atoms with Gasteiger partial charge in [0, 0.05) is 26.2 Å². The molecule has 0 aromatic heterocycles. The molecule has 1 heterocycles. The SMILES string of the molecule is CCNCc1ccc(CN2CC(C)C(C)C2)cc1. The minimum Gasteiger partial charge on any atom is -0.313 e. The maximum absolute atomic E-state index is 3.36. The van der Waals surface area contributed by atoms with E-state index in [2.05, 4.69) is 55.3 Å². The van der Waals surface area contributed by atoms with Crippen molar-refractivity contribution in [2.24, 2.45) is 11.8 Å². The molecule has 2 heteroatoms. The molecule has 1 aromatic carbocycles. The molecule has 0 bridgehead atoms. The normalized spacial score (nSPS) is 24.6. The summed E-state index contributed by atoms with van der Waals surface area (Å²) in [6.07, 6.45) is 0. The summed E-state index contributed by atoms with van der Waals surface area (Å²) in [7, 11) is 0. The van der Waals surface area contributed by atoms with E-state index in [4.69, 9.17) is 0 Å². The van der Waals surface area contributed by atoms with Gasteiger partial charge in [0.25, 0.3) is 0 Å². The summed E-state index contributed by atoms with van der Waals surface area (Å²) in [6, 6.07) is 9.06. The zero-order valence-corrected chi connectivity index (χ0v) is 11.9. The van der Waals surface area contributed by atoms with Crippen molar-refractivity contribution in [3.05, 3.63) is 35.4 Å². The number of likely N-dealkylation sites (tertiary alicyclic amines) is 1. The van der Waals surface area contributed by atoms with Crippen molar-refractivity contribution >= 4 is 0 Å². The predicted octanol–water partition coefficient (Wildman–Crippen LogP) is 2.88. The first-order valence-corrected chi connectivity index (χ1v) is 7.20. The second-order valence-electron chi connectivity index (χ2n) is 5.75. The van der Waals surface area contributed by atoms with Gasteiger partial charge in [0.05, 0.1) is 0 Å². The van der Waals surface area contributed by atoms with Crippen molar-refractivity contribution in [3.63, 3.8) is 0 Å². The highest BCUT2D eigenvalue weighted by Gasteiger charge is 2.25. The molecule has 1 aromatic rings. The van der Waals surface area contributed by atoms with E-state index in [1.165, 1.54) is 24.2 Å². The van der Waals surface area contributed by atoms with E-state index in [1.807, 2.05) is 0 Å². The number of nitrogens with one attached hydrogen (secondary N) is 1. The minimum absolute atomic E-state index is 0.845. The molecule has 2 atom stereocenters. The Kier molecular flexibility index (Phi) is 4.79. The third-order valence-electron chi connectivity index (χ3n) is 4.07. The Balaban J connectivity index is 1.86. The van der Waals surface area contributed by atoms with Gasteiger partial charge in [-0.3, -0.25) is 4.90 Å². The first kappa shape index (κ1) is 13.6. The van der Waals surface area contributed by atoms with Crippen molar-refractivity contribution in [2.45, 2.75) is 33.9 Å². The summed E-state index contributed by atoms with van der Waals surface area (Å²) in [6.45, 7) is 12.5. The van der Waals surface area contributed by atoms with Gasteiger partial charge >= 0.3 is 0 Å². The van der Waals surface area contributed by atoms with Crippen LogP contribution >= 0.6 is 0 Å². The standard InChI is InChI=1S/C16H26N2/c1-4-17-9-15-5-7-16(8-6-15)12-18-10-13(2)14(3)11-18/h5-8,13-14,17H,4,9-12H2,1-3H3. The highest BCUT2D eigenvalue weighted by molar-refractivity contribution is 5.22. The average Bonchev–Trinajstić information content (AvgIpc) is 2.67. The fourth-order valence-corrected chi connectivity index (χ4v) is 2.67. The summed E-state index contributed by atoms with van der Waals surface area (Å²) in [5.41, 5.74) is 2.82. The highest BCUT2D eigenvalue weighted by Crippen LogP contribution is 2.23. The summed E-state index contributed by atoms with van der Waals surface area (Å²) in [4.78, 5) is 2.58. The molecule has 2 nitrogen and oxygen atoms in total. The molecule has 100 valence electrons. The molecule has 0 saturated carbocycles. The molecule has 0 spiro atoms. The molecule has 0 radical (unpaired) electrons. The van der Waals surface area contributed by atoms with E-state index in [0.717, 1.165) is 31.5 Å². The molecule has 2 unspecified atom stereocenters. The van der Waals surface area contributed by atoms with Gasteiger partial charge in [-0.15, -0.1) is 0 Å². The largest absolute Gasteiger partial charge is 0.313 e. The third-order valence-corrected chi connectivity index (χ3v) is 4.07. The summed E-state index contributed by atoms with van der Waals surface area (Å²) in [5.74, 6) is 1.69. The van der Waals surface area contributed by atoms with Crippen LogP contribution in [0.4, 0.5) is 0 Å². The lowest BCUT2D eigenvalue weighted by Gasteiger charge is -2.15. The quantitative estimate of drug-likeness (QED) is 0.859. The van der Waals surface area contributed by atoms with Crippen LogP contribution in [0.2, 0.25) is 0 Å². The molecule has 1 aliphatic heterocycles. The number of rotatable bonds is 5.